The summed E-state index contributed by atoms with van der Waals surface area (Å²) >= 11 is 2.42. The van der Waals surface area contributed by atoms with E-state index < -0.39 is 21.7 Å². The van der Waals surface area contributed by atoms with E-state index in [4.69, 9.17) is 16.2 Å². The number of nitrogens with one attached hydrogen (secondary N) is 2. The van der Waals surface area contributed by atoms with E-state index in [0.29, 0.717) is 25.9 Å². The number of carbonyl (C=O) groups is 2. The van der Waals surface area contributed by atoms with Gasteiger partial charge in [-0.3, -0.25) is 15.0 Å². The van der Waals surface area contributed by atoms with Crippen molar-refractivity contribution in [3.63, 3.8) is 0 Å². The summed E-state index contributed by atoms with van der Waals surface area (Å²) in [5.41, 5.74) is 8.06. The highest BCUT2D eigenvalue weighted by Crippen LogP contribution is 2.38. The number of amides is 1. The lowest BCUT2D eigenvalue weighted by Gasteiger charge is -2.15. The number of thiophene rings is 1. The van der Waals surface area contributed by atoms with Gasteiger partial charge in [-0.25, -0.2) is 8.42 Å². The maximum Gasteiger partial charge on any atom is 0.303 e. The Morgan fingerprint density at radius 2 is 1.85 bits per heavy atom. The highest BCUT2D eigenvalue weighted by Gasteiger charge is 2.25. The predicted octanol–water partition coefficient (Wildman–Crippen LogP) is 4.37. The van der Waals surface area contributed by atoms with Gasteiger partial charge in [-0.15, -0.1) is 23.1 Å². The second-order valence-electron chi connectivity index (χ2n) is 7.35. The van der Waals surface area contributed by atoms with E-state index in [2.05, 4.69) is 5.32 Å². The van der Waals surface area contributed by atoms with Gasteiger partial charge in [-0.1, -0.05) is 24.3 Å². The molecule has 0 bridgehead atoms. The van der Waals surface area contributed by atoms with E-state index in [0.717, 1.165) is 16.9 Å². The quantitative estimate of drug-likeness (QED) is 0.187. The average Bonchev–Trinajstić information content (AvgIpc) is 3.24. The van der Waals surface area contributed by atoms with Crippen molar-refractivity contribution in [3.8, 4) is 11.1 Å². The highest BCUT2D eigenvalue weighted by atomic mass is 32.2. The first-order chi connectivity index (χ1) is 16.0. The fraction of sp³-hybridized carbons (Fsp3) is 0.174. The minimum atomic E-state index is -3.91. The van der Waals surface area contributed by atoms with Crippen LogP contribution in [0.3, 0.4) is 0 Å². The number of benzene rings is 2. The number of carboxylic acids is 1. The van der Waals surface area contributed by atoms with Crippen molar-refractivity contribution in [2.24, 2.45) is 5.73 Å². The van der Waals surface area contributed by atoms with Gasteiger partial charge in [0.25, 0.3) is 0 Å². The van der Waals surface area contributed by atoms with Gasteiger partial charge in [0.1, 0.15) is 5.84 Å². The Morgan fingerprint density at radius 1 is 1.15 bits per heavy atom. The third-order valence-electron chi connectivity index (χ3n) is 4.95. The first kappa shape index (κ1) is 25.5. The zero-order valence-electron chi connectivity index (χ0n) is 18.4. The predicted molar refractivity (Wildman–Crippen MR) is 135 cm³/mol. The molecule has 0 aliphatic heterocycles. The van der Waals surface area contributed by atoms with Crippen LogP contribution < -0.4 is 11.1 Å². The molecule has 8 nitrogen and oxygen atoms in total. The Balaban J connectivity index is 2.05. The van der Waals surface area contributed by atoms with Gasteiger partial charge in [-0.2, -0.15) is 0 Å². The number of aliphatic carboxylic acids is 1. The molecule has 0 spiro atoms. The van der Waals surface area contributed by atoms with Crippen molar-refractivity contribution < 1.29 is 23.1 Å². The SMILES string of the molecule is CSc1sc(C(=N)N)cc1S(=O)(=O)c1cccc(-c2c(C)cccc2NC(=O)CCC(=O)O)c1. The van der Waals surface area contributed by atoms with Crippen LogP contribution in [0.1, 0.15) is 23.3 Å². The van der Waals surface area contributed by atoms with Crippen molar-refractivity contribution in [1.82, 2.24) is 0 Å². The van der Waals surface area contributed by atoms with Gasteiger partial charge >= 0.3 is 5.97 Å². The van der Waals surface area contributed by atoms with E-state index in [9.17, 15) is 18.0 Å². The molecule has 2 aromatic carbocycles. The molecule has 11 heteroatoms. The summed E-state index contributed by atoms with van der Waals surface area (Å²) in [6.07, 6.45) is 1.30. The summed E-state index contributed by atoms with van der Waals surface area (Å²) in [5.74, 6) is -1.71. The highest BCUT2D eigenvalue weighted by molar-refractivity contribution is 8.01. The van der Waals surface area contributed by atoms with E-state index in [1.807, 2.05) is 13.0 Å². The molecule has 1 amide bonds. The largest absolute Gasteiger partial charge is 0.481 e. The first-order valence-electron chi connectivity index (χ1n) is 10.0. The van der Waals surface area contributed by atoms with Gasteiger partial charge in [0.05, 0.1) is 25.3 Å². The number of aryl methyl sites for hydroxylation is 1. The van der Waals surface area contributed by atoms with Crippen LogP contribution in [0, 0.1) is 12.3 Å². The summed E-state index contributed by atoms with van der Waals surface area (Å²) in [7, 11) is -3.91. The van der Waals surface area contributed by atoms with Crippen LogP contribution in [0.25, 0.3) is 11.1 Å². The zero-order valence-corrected chi connectivity index (χ0v) is 20.9. The average molecular weight is 518 g/mol. The molecular weight excluding hydrogens is 494 g/mol. The molecule has 0 aliphatic carbocycles. The topological polar surface area (TPSA) is 150 Å². The number of nitrogen functional groups attached to an aromatic ring is 1. The summed E-state index contributed by atoms with van der Waals surface area (Å²) in [6, 6.07) is 13.1. The summed E-state index contributed by atoms with van der Waals surface area (Å²) in [5, 5.41) is 19.2. The Morgan fingerprint density at radius 3 is 2.50 bits per heavy atom. The third kappa shape index (κ3) is 5.49. The van der Waals surface area contributed by atoms with E-state index in [-0.39, 0.29) is 28.5 Å². The standard InChI is InChI=1S/C23H23N3O5S3/c1-13-5-3-8-16(26-19(27)9-10-20(28)29)21(13)14-6-4-7-15(11-14)34(30,31)18-12-17(22(24)25)33-23(18)32-2/h3-8,11-12H,9-10H2,1-2H3,(H3,24,25)(H,26,27)(H,28,29). The number of hydrogen-bond donors (Lipinski definition) is 4. The second kappa shape index (κ2) is 10.4. The van der Waals surface area contributed by atoms with Gasteiger partial charge in [-0.05, 0) is 48.6 Å². The van der Waals surface area contributed by atoms with Crippen molar-refractivity contribution in [2.45, 2.75) is 33.8 Å². The number of amidine groups is 1. The van der Waals surface area contributed by atoms with Crippen LogP contribution in [-0.2, 0) is 19.4 Å². The molecule has 0 radical (unpaired) electrons. The molecule has 3 rings (SSSR count). The molecule has 0 fully saturated rings. The Labute approximate surface area is 205 Å². The Kier molecular flexibility index (Phi) is 7.80. The van der Waals surface area contributed by atoms with Crippen LogP contribution in [0.2, 0.25) is 0 Å². The molecule has 3 aromatic rings. The van der Waals surface area contributed by atoms with Crippen molar-refractivity contribution in [1.29, 1.82) is 5.41 Å². The summed E-state index contributed by atoms with van der Waals surface area (Å²) in [4.78, 5) is 23.6. The number of carbonyl (C=O) groups excluding carboxylic acids is 1. The third-order valence-corrected chi connectivity index (χ3v) is 9.29. The summed E-state index contributed by atoms with van der Waals surface area (Å²) in [6.45, 7) is 1.84. The molecule has 1 heterocycles. The Hall–Kier alpha value is -3.15. The number of anilines is 1. The first-order valence-corrected chi connectivity index (χ1v) is 13.6. The Bertz CT molecular complexity index is 1380. The lowest BCUT2D eigenvalue weighted by atomic mass is 9.98. The summed E-state index contributed by atoms with van der Waals surface area (Å²) < 4.78 is 27.5. The molecule has 1 aromatic heterocycles. The smallest absolute Gasteiger partial charge is 0.303 e. The van der Waals surface area contributed by atoms with E-state index in [1.54, 1.807) is 36.6 Å². The van der Waals surface area contributed by atoms with Crippen molar-refractivity contribution >= 4 is 56.3 Å². The number of carboxylic acid groups (broad SMARTS) is 1. The van der Waals surface area contributed by atoms with Gasteiger partial charge in [0.15, 0.2) is 0 Å². The number of rotatable bonds is 9. The molecule has 178 valence electrons. The van der Waals surface area contributed by atoms with Gasteiger partial charge in [0, 0.05) is 17.7 Å². The van der Waals surface area contributed by atoms with Crippen molar-refractivity contribution in [3.05, 3.63) is 59.0 Å². The second-order valence-corrected chi connectivity index (χ2v) is 11.4. The van der Waals surface area contributed by atoms with Crippen LogP contribution in [-0.4, -0.2) is 37.5 Å². The molecule has 0 aliphatic rings. The molecule has 0 atom stereocenters. The van der Waals surface area contributed by atoms with Crippen molar-refractivity contribution in [2.75, 3.05) is 11.6 Å². The van der Waals surface area contributed by atoms with Crippen LogP contribution >= 0.6 is 23.1 Å². The van der Waals surface area contributed by atoms with Crippen LogP contribution in [0.5, 0.6) is 0 Å². The minimum absolute atomic E-state index is 0.0691. The maximum absolute atomic E-state index is 13.5. The fourth-order valence-electron chi connectivity index (χ4n) is 3.35. The van der Waals surface area contributed by atoms with Crippen LogP contribution in [0.15, 0.2) is 62.5 Å². The fourth-order valence-corrected chi connectivity index (χ4v) is 7.26. The molecule has 34 heavy (non-hydrogen) atoms. The molecular formula is C23H23N3O5S3. The molecule has 0 saturated heterocycles. The van der Waals surface area contributed by atoms with Gasteiger partial charge < -0.3 is 16.2 Å². The number of sulfone groups is 1. The monoisotopic (exact) mass is 517 g/mol. The number of nitrogens with two attached hydrogens (primary N) is 1. The number of thioether (sulfide) groups is 1. The molecule has 5 N–H and O–H groups in total. The van der Waals surface area contributed by atoms with Crippen LogP contribution in [0.4, 0.5) is 5.69 Å². The lowest BCUT2D eigenvalue weighted by molar-refractivity contribution is -0.138. The molecule has 0 unspecified atom stereocenters. The molecule has 0 saturated carbocycles. The zero-order chi connectivity index (χ0) is 25.0. The normalized spacial score (nSPS) is 11.2. The number of hydrogen-bond acceptors (Lipinski definition) is 7. The lowest BCUT2D eigenvalue weighted by Crippen LogP contribution is -2.14. The van der Waals surface area contributed by atoms with E-state index >= 15 is 0 Å². The van der Waals surface area contributed by atoms with E-state index in [1.165, 1.54) is 23.9 Å². The maximum atomic E-state index is 13.5. The minimum Gasteiger partial charge on any atom is -0.481 e. The van der Waals surface area contributed by atoms with Gasteiger partial charge in [0.2, 0.25) is 15.7 Å².